The summed E-state index contributed by atoms with van der Waals surface area (Å²) in [6.07, 6.45) is 3.58. The number of carbonyl (C=O) groups is 1. The van der Waals surface area contributed by atoms with Gasteiger partial charge in [-0.05, 0) is 39.2 Å². The number of nitrogens with two attached hydrogens (primary N) is 1. The van der Waals surface area contributed by atoms with E-state index in [1.807, 2.05) is 20.9 Å². The van der Waals surface area contributed by atoms with Crippen LogP contribution in [0.2, 0.25) is 0 Å². The fourth-order valence-electron chi connectivity index (χ4n) is 2.36. The molecule has 0 aliphatic rings. The van der Waals surface area contributed by atoms with Crippen LogP contribution in [0.1, 0.15) is 49.6 Å². The van der Waals surface area contributed by atoms with Gasteiger partial charge in [0.2, 0.25) is 5.91 Å². The van der Waals surface area contributed by atoms with E-state index < -0.39 is 0 Å². The number of aromatic nitrogens is 1. The van der Waals surface area contributed by atoms with Crippen LogP contribution in [0, 0.1) is 19.8 Å². The zero-order chi connectivity index (χ0) is 15.1. The van der Waals surface area contributed by atoms with Gasteiger partial charge in [0.1, 0.15) is 5.76 Å². The molecule has 0 fully saturated rings. The second-order valence-electron chi connectivity index (χ2n) is 5.44. The highest BCUT2D eigenvalue weighted by Crippen LogP contribution is 2.17. The van der Waals surface area contributed by atoms with E-state index in [4.69, 9.17) is 10.3 Å². The Hall–Kier alpha value is -1.36. The molecule has 1 heterocycles. The lowest BCUT2D eigenvalue weighted by Crippen LogP contribution is -2.27. The van der Waals surface area contributed by atoms with Crippen molar-refractivity contribution >= 4 is 5.91 Å². The summed E-state index contributed by atoms with van der Waals surface area (Å²) in [5.74, 6) is 1.51. The maximum atomic E-state index is 12.2. The maximum Gasteiger partial charge on any atom is 0.222 e. The lowest BCUT2D eigenvalue weighted by atomic mass is 9.96. The molecular formula is C15H27N3O2. The van der Waals surface area contributed by atoms with Crippen LogP contribution in [-0.4, -0.2) is 29.6 Å². The zero-order valence-corrected chi connectivity index (χ0v) is 13.1. The second kappa shape index (κ2) is 8.04. The van der Waals surface area contributed by atoms with Crippen molar-refractivity contribution in [2.24, 2.45) is 11.7 Å². The van der Waals surface area contributed by atoms with E-state index in [0.29, 0.717) is 25.4 Å². The Labute approximate surface area is 121 Å². The fraction of sp³-hybridized carbons (Fsp3) is 0.733. The first kappa shape index (κ1) is 16.7. The summed E-state index contributed by atoms with van der Waals surface area (Å²) in [6.45, 7) is 7.19. The molecule has 20 heavy (non-hydrogen) atoms. The molecular weight excluding hydrogens is 254 g/mol. The third kappa shape index (κ3) is 4.63. The molecule has 0 saturated carbocycles. The fourth-order valence-corrected chi connectivity index (χ4v) is 2.36. The molecule has 1 rings (SSSR count). The van der Waals surface area contributed by atoms with Crippen LogP contribution >= 0.6 is 0 Å². The van der Waals surface area contributed by atoms with E-state index in [1.165, 1.54) is 0 Å². The Morgan fingerprint density at radius 3 is 2.60 bits per heavy atom. The molecule has 5 nitrogen and oxygen atoms in total. The van der Waals surface area contributed by atoms with E-state index in [1.54, 1.807) is 4.90 Å². The minimum absolute atomic E-state index is 0.167. The summed E-state index contributed by atoms with van der Waals surface area (Å²) in [6, 6.07) is 0. The van der Waals surface area contributed by atoms with Crippen LogP contribution in [0.25, 0.3) is 0 Å². The first-order valence-electron chi connectivity index (χ1n) is 7.35. The molecule has 2 N–H and O–H groups in total. The largest absolute Gasteiger partial charge is 0.361 e. The highest BCUT2D eigenvalue weighted by Gasteiger charge is 2.16. The van der Waals surface area contributed by atoms with Gasteiger partial charge in [0, 0.05) is 19.0 Å². The minimum Gasteiger partial charge on any atom is -0.361 e. The maximum absolute atomic E-state index is 12.2. The standard InChI is InChI=1S/C15H27N3O2/c1-5-13(8-9-16)6-7-15(19)18(4)10-14-11(2)17-20-12(14)3/h13H,5-10,16H2,1-4H3. The van der Waals surface area contributed by atoms with E-state index in [0.717, 1.165) is 36.3 Å². The van der Waals surface area contributed by atoms with Gasteiger partial charge in [-0.1, -0.05) is 18.5 Å². The summed E-state index contributed by atoms with van der Waals surface area (Å²) in [7, 11) is 1.83. The van der Waals surface area contributed by atoms with E-state index in [9.17, 15) is 4.79 Å². The van der Waals surface area contributed by atoms with Crippen molar-refractivity contribution in [1.29, 1.82) is 0 Å². The first-order valence-corrected chi connectivity index (χ1v) is 7.35. The lowest BCUT2D eigenvalue weighted by Gasteiger charge is -2.19. The van der Waals surface area contributed by atoms with E-state index in [-0.39, 0.29) is 5.91 Å². The Morgan fingerprint density at radius 1 is 1.40 bits per heavy atom. The van der Waals surface area contributed by atoms with Crippen molar-refractivity contribution in [3.8, 4) is 0 Å². The van der Waals surface area contributed by atoms with Crippen LogP contribution in [-0.2, 0) is 11.3 Å². The molecule has 0 radical (unpaired) electrons. The Kier molecular flexibility index (Phi) is 6.71. The number of amides is 1. The molecule has 0 aliphatic heterocycles. The van der Waals surface area contributed by atoms with Crippen LogP contribution in [0.15, 0.2) is 4.52 Å². The summed E-state index contributed by atoms with van der Waals surface area (Å²) >= 11 is 0. The average molecular weight is 281 g/mol. The van der Waals surface area contributed by atoms with Crippen molar-refractivity contribution in [2.75, 3.05) is 13.6 Å². The van der Waals surface area contributed by atoms with Gasteiger partial charge in [-0.2, -0.15) is 0 Å². The molecule has 0 aliphatic carbocycles. The monoisotopic (exact) mass is 281 g/mol. The second-order valence-corrected chi connectivity index (χ2v) is 5.44. The molecule has 114 valence electrons. The Bertz CT molecular complexity index is 409. The topological polar surface area (TPSA) is 72.4 Å². The number of rotatable bonds is 8. The predicted octanol–water partition coefficient (Wildman–Crippen LogP) is 2.41. The molecule has 1 amide bonds. The number of carbonyl (C=O) groups excluding carboxylic acids is 1. The molecule has 0 bridgehead atoms. The normalized spacial score (nSPS) is 12.4. The molecule has 5 heteroatoms. The Balaban J connectivity index is 2.47. The summed E-state index contributed by atoms with van der Waals surface area (Å²) in [4.78, 5) is 13.9. The number of hydrogen-bond donors (Lipinski definition) is 1. The van der Waals surface area contributed by atoms with Gasteiger partial charge in [-0.15, -0.1) is 0 Å². The van der Waals surface area contributed by atoms with Gasteiger partial charge in [-0.3, -0.25) is 4.79 Å². The van der Waals surface area contributed by atoms with Gasteiger partial charge in [0.15, 0.2) is 0 Å². The average Bonchev–Trinajstić information content (AvgIpc) is 2.74. The smallest absolute Gasteiger partial charge is 0.222 e. The van der Waals surface area contributed by atoms with Gasteiger partial charge in [-0.25, -0.2) is 0 Å². The zero-order valence-electron chi connectivity index (χ0n) is 13.1. The van der Waals surface area contributed by atoms with Crippen molar-refractivity contribution < 1.29 is 9.32 Å². The first-order chi connectivity index (χ1) is 9.49. The number of hydrogen-bond acceptors (Lipinski definition) is 4. The van der Waals surface area contributed by atoms with Crippen molar-refractivity contribution in [3.05, 3.63) is 17.0 Å². The lowest BCUT2D eigenvalue weighted by molar-refractivity contribution is -0.130. The van der Waals surface area contributed by atoms with Crippen molar-refractivity contribution in [3.63, 3.8) is 0 Å². The summed E-state index contributed by atoms with van der Waals surface area (Å²) in [5.41, 5.74) is 7.45. The number of aryl methyl sites for hydroxylation is 2. The van der Waals surface area contributed by atoms with Crippen LogP contribution in [0.4, 0.5) is 0 Å². The third-order valence-corrected chi connectivity index (χ3v) is 3.92. The Morgan fingerprint density at radius 2 is 2.10 bits per heavy atom. The minimum atomic E-state index is 0.167. The quantitative estimate of drug-likeness (QED) is 0.794. The molecule has 1 unspecified atom stereocenters. The molecule has 1 aromatic rings. The van der Waals surface area contributed by atoms with Crippen LogP contribution in [0.3, 0.4) is 0 Å². The molecule has 1 aromatic heterocycles. The van der Waals surface area contributed by atoms with Gasteiger partial charge in [0.25, 0.3) is 0 Å². The van der Waals surface area contributed by atoms with Crippen molar-refractivity contribution in [1.82, 2.24) is 10.1 Å². The molecule has 0 aromatic carbocycles. The van der Waals surface area contributed by atoms with Crippen LogP contribution < -0.4 is 5.73 Å². The van der Waals surface area contributed by atoms with E-state index >= 15 is 0 Å². The summed E-state index contributed by atoms with van der Waals surface area (Å²) in [5, 5.41) is 3.91. The van der Waals surface area contributed by atoms with Gasteiger partial charge >= 0.3 is 0 Å². The highest BCUT2D eigenvalue weighted by molar-refractivity contribution is 5.75. The predicted molar refractivity (Wildman–Crippen MR) is 79.1 cm³/mol. The SMILES string of the molecule is CCC(CCN)CCC(=O)N(C)Cc1c(C)noc1C. The van der Waals surface area contributed by atoms with Crippen LogP contribution in [0.5, 0.6) is 0 Å². The summed E-state index contributed by atoms with van der Waals surface area (Å²) < 4.78 is 5.12. The molecule has 0 saturated heterocycles. The third-order valence-electron chi connectivity index (χ3n) is 3.92. The number of nitrogens with zero attached hydrogens (tertiary/aromatic N) is 2. The van der Waals surface area contributed by atoms with E-state index in [2.05, 4.69) is 12.1 Å². The van der Waals surface area contributed by atoms with Gasteiger partial charge in [0.05, 0.1) is 12.2 Å². The molecule has 1 atom stereocenters. The van der Waals surface area contributed by atoms with Crippen molar-refractivity contribution in [2.45, 2.75) is 53.0 Å². The van der Waals surface area contributed by atoms with Gasteiger partial charge < -0.3 is 15.2 Å². The highest BCUT2D eigenvalue weighted by atomic mass is 16.5. The molecule has 0 spiro atoms.